The zero-order valence-corrected chi connectivity index (χ0v) is 13.4. The molecule has 0 aliphatic heterocycles. The Morgan fingerprint density at radius 2 is 1.96 bits per heavy atom. The van der Waals surface area contributed by atoms with Crippen LogP contribution in [-0.4, -0.2) is 35.7 Å². The Morgan fingerprint density at radius 1 is 1.29 bits per heavy atom. The van der Waals surface area contributed by atoms with E-state index in [1.54, 1.807) is 6.92 Å². The smallest absolute Gasteiger partial charge is 0.329 e. The third kappa shape index (κ3) is 4.09. The molecule has 0 saturated carbocycles. The van der Waals surface area contributed by atoms with Gasteiger partial charge in [0.15, 0.2) is 0 Å². The van der Waals surface area contributed by atoms with Crippen LogP contribution in [0.3, 0.4) is 0 Å². The van der Waals surface area contributed by atoms with Gasteiger partial charge >= 0.3 is 12.1 Å². The molecule has 1 heterocycles. The fourth-order valence-corrected chi connectivity index (χ4v) is 2.81. The van der Waals surface area contributed by atoms with Gasteiger partial charge in [0.05, 0.1) is 11.8 Å². The second-order valence-corrected chi connectivity index (χ2v) is 6.91. The number of hydrogen-bond donors (Lipinski definition) is 0. The average molecular weight is 367 g/mol. The van der Waals surface area contributed by atoms with Crippen LogP contribution in [0.25, 0.3) is 11.4 Å². The first-order valence-corrected chi connectivity index (χ1v) is 8.52. The number of alkyl halides is 3. The molecule has 0 spiro atoms. The Balaban J connectivity index is 2.29. The van der Waals surface area contributed by atoms with Gasteiger partial charge in [-0.15, -0.1) is 0 Å². The molecule has 0 atom stereocenters. The number of nitrogens with zero attached hydrogens (tertiary/aromatic N) is 3. The van der Waals surface area contributed by atoms with Crippen LogP contribution in [0.15, 0.2) is 22.7 Å². The normalized spacial score (nSPS) is 12.8. The van der Waals surface area contributed by atoms with Gasteiger partial charge in [0.2, 0.25) is 15.8 Å². The predicted molar refractivity (Wildman–Crippen MR) is 75.6 cm³/mol. The summed E-state index contributed by atoms with van der Waals surface area (Å²) >= 11 is 0. The summed E-state index contributed by atoms with van der Waals surface area (Å²) in [5.74, 6) is -3.00. The van der Waals surface area contributed by atoms with E-state index in [4.69, 9.17) is 0 Å². The molecule has 11 heteroatoms. The lowest BCUT2D eigenvalue weighted by molar-refractivity contribution is -0.159. The van der Waals surface area contributed by atoms with E-state index in [0.717, 1.165) is 16.6 Å². The van der Waals surface area contributed by atoms with Gasteiger partial charge in [0.25, 0.3) is 0 Å². The predicted octanol–water partition coefficient (Wildman–Crippen LogP) is 2.68. The maximum atomic E-state index is 14.1. The summed E-state index contributed by atoms with van der Waals surface area (Å²) in [6.45, 7) is 1.76. The third-order valence-electron chi connectivity index (χ3n) is 3.12. The number of halogens is 4. The summed E-state index contributed by atoms with van der Waals surface area (Å²) in [5, 5.41) is 3.11. The van der Waals surface area contributed by atoms with Gasteiger partial charge in [0, 0.05) is 13.1 Å². The highest BCUT2D eigenvalue weighted by Crippen LogP contribution is 2.30. The third-order valence-corrected chi connectivity index (χ3v) is 4.45. The molecule has 0 N–H and O–H groups in total. The van der Waals surface area contributed by atoms with Crippen molar-refractivity contribution in [1.82, 2.24) is 14.4 Å². The minimum atomic E-state index is -4.82. The molecule has 24 heavy (non-hydrogen) atoms. The molecule has 1 aromatic heterocycles. The first kappa shape index (κ1) is 18.3. The molecule has 0 aliphatic carbocycles. The number of aromatic nitrogens is 2. The maximum Gasteiger partial charge on any atom is 0.471 e. The number of rotatable bonds is 5. The highest BCUT2D eigenvalue weighted by atomic mass is 32.2. The zero-order valence-electron chi connectivity index (χ0n) is 12.6. The molecule has 0 saturated heterocycles. The summed E-state index contributed by atoms with van der Waals surface area (Å²) in [6.07, 6.45) is -3.79. The van der Waals surface area contributed by atoms with Gasteiger partial charge in [-0.2, -0.15) is 22.5 Å². The summed E-state index contributed by atoms with van der Waals surface area (Å²) < 4.78 is 79.6. The quantitative estimate of drug-likeness (QED) is 0.760. The molecule has 0 bridgehead atoms. The van der Waals surface area contributed by atoms with E-state index in [9.17, 15) is 26.0 Å². The van der Waals surface area contributed by atoms with Crippen molar-refractivity contribution in [2.45, 2.75) is 19.6 Å². The minimum Gasteiger partial charge on any atom is -0.329 e. The lowest BCUT2D eigenvalue weighted by Crippen LogP contribution is -2.29. The van der Waals surface area contributed by atoms with Crippen LogP contribution in [-0.2, 0) is 22.7 Å². The molecule has 1 aromatic carbocycles. The van der Waals surface area contributed by atoms with Crippen LogP contribution in [0, 0.1) is 5.82 Å². The van der Waals surface area contributed by atoms with Crippen LogP contribution in [0.5, 0.6) is 0 Å². The van der Waals surface area contributed by atoms with Crippen molar-refractivity contribution < 1.29 is 30.5 Å². The number of benzene rings is 1. The van der Waals surface area contributed by atoms with Gasteiger partial charge in [-0.3, -0.25) is 0 Å². The van der Waals surface area contributed by atoms with Crippen molar-refractivity contribution in [3.8, 4) is 11.4 Å². The molecular weight excluding hydrogens is 354 g/mol. The van der Waals surface area contributed by atoms with Gasteiger partial charge in [-0.25, -0.2) is 12.8 Å². The van der Waals surface area contributed by atoms with Crippen molar-refractivity contribution in [3.05, 3.63) is 35.5 Å². The Hall–Kier alpha value is -2.01. The van der Waals surface area contributed by atoms with Crippen LogP contribution in [0.2, 0.25) is 0 Å². The SMILES string of the molecule is CCN(Cc1ccc(-c2noc(C(F)(F)F)n2)c(F)c1)S(C)(=O)=O. The fourth-order valence-electron chi connectivity index (χ4n) is 1.95. The van der Waals surface area contributed by atoms with Crippen LogP contribution in [0.1, 0.15) is 18.4 Å². The Morgan fingerprint density at radius 3 is 2.42 bits per heavy atom. The Labute approximate surface area is 135 Å². The lowest BCUT2D eigenvalue weighted by atomic mass is 10.1. The summed E-state index contributed by atoms with van der Waals surface area (Å²) in [5.41, 5.74) is 0.0588. The Bertz CT molecular complexity index is 833. The molecule has 132 valence electrons. The molecule has 0 fully saturated rings. The summed E-state index contributed by atoms with van der Waals surface area (Å²) in [7, 11) is -3.46. The number of hydrogen-bond acceptors (Lipinski definition) is 5. The molecular formula is C13H13F4N3O3S. The topological polar surface area (TPSA) is 76.3 Å². The highest BCUT2D eigenvalue weighted by molar-refractivity contribution is 7.88. The van der Waals surface area contributed by atoms with E-state index in [1.807, 2.05) is 0 Å². The average Bonchev–Trinajstić information content (AvgIpc) is 2.93. The fraction of sp³-hybridized carbons (Fsp3) is 0.385. The second-order valence-electron chi connectivity index (χ2n) is 4.92. The molecule has 0 unspecified atom stereocenters. The highest BCUT2D eigenvalue weighted by Gasteiger charge is 2.38. The molecule has 2 aromatic rings. The van der Waals surface area contributed by atoms with E-state index in [2.05, 4.69) is 14.7 Å². The molecule has 2 rings (SSSR count). The minimum absolute atomic E-state index is 0.0629. The van der Waals surface area contributed by atoms with E-state index in [1.165, 1.54) is 12.1 Å². The second kappa shape index (κ2) is 6.48. The summed E-state index contributed by atoms with van der Waals surface area (Å²) in [4.78, 5) is 3.11. The molecule has 6 nitrogen and oxygen atoms in total. The van der Waals surface area contributed by atoms with Crippen molar-refractivity contribution in [2.75, 3.05) is 12.8 Å². The van der Waals surface area contributed by atoms with Crippen molar-refractivity contribution >= 4 is 10.0 Å². The van der Waals surface area contributed by atoms with Gasteiger partial charge in [-0.1, -0.05) is 18.1 Å². The van der Waals surface area contributed by atoms with Crippen molar-refractivity contribution in [3.63, 3.8) is 0 Å². The standard InChI is InChI=1S/C13H13F4N3O3S/c1-3-20(24(2,21)22)7-8-4-5-9(10(14)6-8)11-18-12(23-19-11)13(15,16)17/h4-6H,3,7H2,1-2H3. The summed E-state index contributed by atoms with van der Waals surface area (Å²) in [6, 6.07) is 3.58. The van der Waals surface area contributed by atoms with Crippen LogP contribution >= 0.6 is 0 Å². The van der Waals surface area contributed by atoms with E-state index in [0.29, 0.717) is 5.56 Å². The van der Waals surface area contributed by atoms with Gasteiger partial charge < -0.3 is 4.52 Å². The maximum absolute atomic E-state index is 14.1. The zero-order chi connectivity index (χ0) is 18.1. The van der Waals surface area contributed by atoms with E-state index >= 15 is 0 Å². The van der Waals surface area contributed by atoms with Crippen molar-refractivity contribution in [1.29, 1.82) is 0 Å². The van der Waals surface area contributed by atoms with Crippen molar-refractivity contribution in [2.24, 2.45) is 0 Å². The van der Waals surface area contributed by atoms with Crippen LogP contribution < -0.4 is 0 Å². The monoisotopic (exact) mass is 367 g/mol. The van der Waals surface area contributed by atoms with Gasteiger partial charge in [-0.05, 0) is 17.7 Å². The van der Waals surface area contributed by atoms with E-state index in [-0.39, 0.29) is 18.7 Å². The molecule has 0 amide bonds. The lowest BCUT2D eigenvalue weighted by Gasteiger charge is -2.17. The van der Waals surface area contributed by atoms with E-state index < -0.39 is 33.7 Å². The number of sulfonamides is 1. The molecule has 0 aliphatic rings. The first-order valence-electron chi connectivity index (χ1n) is 6.67. The first-order chi connectivity index (χ1) is 11.0. The Kier molecular flexibility index (Phi) is 4.95. The molecule has 0 radical (unpaired) electrons. The largest absolute Gasteiger partial charge is 0.471 e. The van der Waals surface area contributed by atoms with Crippen LogP contribution in [0.4, 0.5) is 17.6 Å². The van der Waals surface area contributed by atoms with Gasteiger partial charge in [0.1, 0.15) is 5.82 Å².